The molecule has 2 N–H and O–H groups in total. The number of hydrogen-bond acceptors (Lipinski definition) is 5. The number of carbonyl (C=O) groups excluding carboxylic acids is 4. The first-order valence-corrected chi connectivity index (χ1v) is 8.76. The summed E-state index contributed by atoms with van der Waals surface area (Å²) in [6, 6.07) is 13.7. The van der Waals surface area contributed by atoms with E-state index >= 15 is 0 Å². The quantitative estimate of drug-likeness (QED) is 0.540. The Morgan fingerprint density at radius 1 is 0.786 bits per heavy atom. The van der Waals surface area contributed by atoms with Crippen LogP contribution < -0.4 is 10.6 Å². The van der Waals surface area contributed by atoms with Crippen LogP contribution >= 0.6 is 0 Å². The van der Waals surface area contributed by atoms with Gasteiger partial charge in [0.25, 0.3) is 5.91 Å². The molecule has 7 heteroatoms. The third-order valence-corrected chi connectivity index (χ3v) is 3.83. The van der Waals surface area contributed by atoms with E-state index in [4.69, 9.17) is 4.74 Å². The standard InChI is InChI=1S/C21H22N2O5/c1-14-3-7-17(8-4-14)22-19(25)11-12-21(27)28-13-20(26)23-18-9-5-16(6-10-18)15(2)24/h3-10H,11-13H2,1-2H3,(H,22,25)(H,23,26). The van der Waals surface area contributed by atoms with E-state index in [1.807, 2.05) is 19.1 Å². The molecule has 2 amide bonds. The Bertz CT molecular complexity index is 857. The van der Waals surface area contributed by atoms with Gasteiger partial charge in [-0.15, -0.1) is 0 Å². The number of anilines is 2. The topological polar surface area (TPSA) is 102 Å². The average molecular weight is 382 g/mol. The lowest BCUT2D eigenvalue weighted by Crippen LogP contribution is -2.21. The second kappa shape index (κ2) is 10.0. The Hall–Kier alpha value is -3.48. The zero-order chi connectivity index (χ0) is 20.5. The fraction of sp³-hybridized carbons (Fsp3) is 0.238. The van der Waals surface area contributed by atoms with E-state index in [9.17, 15) is 19.2 Å². The zero-order valence-electron chi connectivity index (χ0n) is 15.8. The number of hydrogen-bond donors (Lipinski definition) is 2. The van der Waals surface area contributed by atoms with Crippen molar-refractivity contribution < 1.29 is 23.9 Å². The minimum absolute atomic E-state index is 0.0408. The van der Waals surface area contributed by atoms with Gasteiger partial charge in [-0.3, -0.25) is 19.2 Å². The molecular weight excluding hydrogens is 360 g/mol. The van der Waals surface area contributed by atoms with Crippen LogP contribution in [0.1, 0.15) is 35.7 Å². The summed E-state index contributed by atoms with van der Waals surface area (Å²) >= 11 is 0. The molecule has 2 aromatic rings. The van der Waals surface area contributed by atoms with Crippen molar-refractivity contribution in [1.82, 2.24) is 0 Å². The summed E-state index contributed by atoms with van der Waals surface area (Å²) in [4.78, 5) is 46.6. The lowest BCUT2D eigenvalue weighted by molar-refractivity contribution is -0.147. The maximum atomic E-state index is 11.8. The number of ketones is 1. The molecule has 0 unspecified atom stereocenters. The van der Waals surface area contributed by atoms with Gasteiger partial charge in [-0.2, -0.15) is 0 Å². The van der Waals surface area contributed by atoms with Gasteiger partial charge in [-0.25, -0.2) is 0 Å². The third kappa shape index (κ3) is 7.03. The molecule has 28 heavy (non-hydrogen) atoms. The van der Waals surface area contributed by atoms with Crippen LogP contribution in [0.25, 0.3) is 0 Å². The van der Waals surface area contributed by atoms with Crippen LogP contribution in [0.4, 0.5) is 11.4 Å². The van der Waals surface area contributed by atoms with Gasteiger partial charge in [0.05, 0.1) is 6.42 Å². The number of esters is 1. The number of Topliss-reactive ketones (excluding diaryl/α,β-unsaturated/α-hetero) is 1. The summed E-state index contributed by atoms with van der Waals surface area (Å²) in [6.45, 7) is 2.94. The van der Waals surface area contributed by atoms with Gasteiger partial charge in [-0.05, 0) is 50.2 Å². The third-order valence-electron chi connectivity index (χ3n) is 3.83. The smallest absolute Gasteiger partial charge is 0.306 e. The van der Waals surface area contributed by atoms with Crippen LogP contribution in [-0.4, -0.2) is 30.2 Å². The molecule has 0 saturated heterocycles. The van der Waals surface area contributed by atoms with Crippen molar-refractivity contribution >= 4 is 34.9 Å². The van der Waals surface area contributed by atoms with Crippen LogP contribution in [0.3, 0.4) is 0 Å². The highest BCUT2D eigenvalue weighted by atomic mass is 16.5. The Morgan fingerprint density at radius 2 is 1.32 bits per heavy atom. The molecule has 2 rings (SSSR count). The molecule has 2 aromatic carbocycles. The van der Waals surface area contributed by atoms with Crippen molar-refractivity contribution in [3.63, 3.8) is 0 Å². The molecular formula is C21H22N2O5. The number of ether oxygens (including phenoxy) is 1. The summed E-state index contributed by atoms with van der Waals surface area (Å²) in [5, 5.41) is 5.24. The highest BCUT2D eigenvalue weighted by Crippen LogP contribution is 2.11. The van der Waals surface area contributed by atoms with Gasteiger partial charge < -0.3 is 15.4 Å². The molecule has 0 fully saturated rings. The molecule has 0 aromatic heterocycles. The van der Waals surface area contributed by atoms with Crippen molar-refractivity contribution in [3.05, 3.63) is 59.7 Å². The Balaban J connectivity index is 1.68. The van der Waals surface area contributed by atoms with E-state index in [-0.39, 0.29) is 24.5 Å². The van der Waals surface area contributed by atoms with Gasteiger partial charge in [0.1, 0.15) is 0 Å². The van der Waals surface area contributed by atoms with Crippen LogP contribution in [0.15, 0.2) is 48.5 Å². The fourth-order valence-corrected chi connectivity index (χ4v) is 2.28. The van der Waals surface area contributed by atoms with E-state index in [1.54, 1.807) is 36.4 Å². The molecule has 0 bridgehead atoms. The predicted octanol–water partition coefficient (Wildman–Crippen LogP) is 3.10. The summed E-state index contributed by atoms with van der Waals surface area (Å²) in [5.74, 6) is -1.52. The van der Waals surface area contributed by atoms with Gasteiger partial charge in [0.15, 0.2) is 12.4 Å². The van der Waals surface area contributed by atoms with E-state index in [0.717, 1.165) is 5.56 Å². The first-order valence-electron chi connectivity index (χ1n) is 8.76. The molecule has 0 saturated carbocycles. The Morgan fingerprint density at radius 3 is 1.89 bits per heavy atom. The van der Waals surface area contributed by atoms with Gasteiger partial charge in [0, 0.05) is 23.4 Å². The molecule has 146 valence electrons. The molecule has 0 aliphatic heterocycles. The maximum absolute atomic E-state index is 11.8. The number of carbonyl (C=O) groups is 4. The number of rotatable bonds is 8. The highest BCUT2D eigenvalue weighted by Gasteiger charge is 2.11. The monoisotopic (exact) mass is 382 g/mol. The summed E-state index contributed by atoms with van der Waals surface area (Å²) in [6.07, 6.45) is -0.168. The van der Waals surface area contributed by atoms with Crippen molar-refractivity contribution in [2.45, 2.75) is 26.7 Å². The zero-order valence-corrected chi connectivity index (χ0v) is 15.8. The minimum Gasteiger partial charge on any atom is -0.456 e. The van der Waals surface area contributed by atoms with Gasteiger partial charge in [-0.1, -0.05) is 17.7 Å². The molecule has 0 aliphatic carbocycles. The summed E-state index contributed by atoms with van der Waals surface area (Å²) in [5.41, 5.74) is 2.76. The lowest BCUT2D eigenvalue weighted by atomic mass is 10.1. The fourth-order valence-electron chi connectivity index (χ4n) is 2.28. The van der Waals surface area contributed by atoms with Gasteiger partial charge in [0.2, 0.25) is 5.91 Å². The van der Waals surface area contributed by atoms with E-state index < -0.39 is 18.5 Å². The molecule has 0 spiro atoms. The largest absolute Gasteiger partial charge is 0.456 e. The highest BCUT2D eigenvalue weighted by molar-refractivity contribution is 5.96. The number of benzene rings is 2. The maximum Gasteiger partial charge on any atom is 0.306 e. The van der Waals surface area contributed by atoms with E-state index in [2.05, 4.69) is 10.6 Å². The number of nitrogens with one attached hydrogen (secondary N) is 2. The van der Waals surface area contributed by atoms with Crippen LogP contribution in [0, 0.1) is 6.92 Å². The molecule has 7 nitrogen and oxygen atoms in total. The van der Waals surface area contributed by atoms with Crippen LogP contribution in [0.2, 0.25) is 0 Å². The first kappa shape index (κ1) is 20.8. The summed E-state index contributed by atoms with van der Waals surface area (Å²) in [7, 11) is 0. The Kier molecular flexibility index (Phi) is 7.45. The minimum atomic E-state index is -0.638. The van der Waals surface area contributed by atoms with Crippen LogP contribution in [-0.2, 0) is 19.1 Å². The number of aryl methyl sites for hydroxylation is 1. The van der Waals surface area contributed by atoms with Crippen molar-refractivity contribution in [3.8, 4) is 0 Å². The molecule has 0 heterocycles. The van der Waals surface area contributed by atoms with Crippen molar-refractivity contribution in [2.24, 2.45) is 0 Å². The van der Waals surface area contributed by atoms with Gasteiger partial charge >= 0.3 is 5.97 Å². The predicted molar refractivity (Wildman–Crippen MR) is 105 cm³/mol. The van der Waals surface area contributed by atoms with Crippen LogP contribution in [0.5, 0.6) is 0 Å². The molecule has 0 aliphatic rings. The second-order valence-corrected chi connectivity index (χ2v) is 6.26. The Labute approximate surface area is 163 Å². The lowest BCUT2D eigenvalue weighted by Gasteiger charge is -2.08. The van der Waals surface area contributed by atoms with E-state index in [1.165, 1.54) is 6.92 Å². The molecule has 0 radical (unpaired) electrons. The first-order chi connectivity index (χ1) is 13.3. The summed E-state index contributed by atoms with van der Waals surface area (Å²) < 4.78 is 4.87. The van der Waals surface area contributed by atoms with E-state index in [0.29, 0.717) is 16.9 Å². The number of amides is 2. The normalized spacial score (nSPS) is 10.1. The average Bonchev–Trinajstić information content (AvgIpc) is 2.67. The SMILES string of the molecule is CC(=O)c1ccc(NC(=O)COC(=O)CCC(=O)Nc2ccc(C)cc2)cc1. The molecule has 0 atom stereocenters. The van der Waals surface area contributed by atoms with Crippen molar-refractivity contribution in [2.75, 3.05) is 17.2 Å². The second-order valence-electron chi connectivity index (χ2n) is 6.26. The van der Waals surface area contributed by atoms with Crippen molar-refractivity contribution in [1.29, 1.82) is 0 Å².